The van der Waals surface area contributed by atoms with Crippen LogP contribution in [0.1, 0.15) is 18.5 Å². The summed E-state index contributed by atoms with van der Waals surface area (Å²) in [7, 11) is 0. The summed E-state index contributed by atoms with van der Waals surface area (Å²) in [6.07, 6.45) is 0. The van der Waals surface area contributed by atoms with E-state index in [0.717, 1.165) is 5.56 Å². The Morgan fingerprint density at radius 2 is 1.67 bits per heavy atom. The van der Waals surface area contributed by atoms with Crippen molar-refractivity contribution in [3.63, 3.8) is 0 Å². The number of rotatable bonds is 3. The third-order valence-corrected chi connectivity index (χ3v) is 3.69. The standard InChI is InChI=1S/C16H13ClFN3/c1-11(13-9-5-6-10-14(13)18)21-15(19-20-16(21)17)12-7-3-2-4-8-12/h2-11H,1H3. The van der Waals surface area contributed by atoms with Crippen LogP contribution in [0.25, 0.3) is 11.4 Å². The van der Waals surface area contributed by atoms with E-state index in [1.807, 2.05) is 37.3 Å². The summed E-state index contributed by atoms with van der Waals surface area (Å²) in [5, 5.41) is 8.29. The first-order valence-electron chi connectivity index (χ1n) is 6.58. The third-order valence-electron chi connectivity index (χ3n) is 3.43. The molecule has 1 atom stereocenters. The zero-order valence-electron chi connectivity index (χ0n) is 11.4. The van der Waals surface area contributed by atoms with Crippen molar-refractivity contribution in [1.29, 1.82) is 0 Å². The van der Waals surface area contributed by atoms with E-state index in [0.29, 0.717) is 11.4 Å². The van der Waals surface area contributed by atoms with Gasteiger partial charge < -0.3 is 0 Å². The number of halogens is 2. The van der Waals surface area contributed by atoms with Gasteiger partial charge in [0.2, 0.25) is 5.28 Å². The van der Waals surface area contributed by atoms with E-state index in [4.69, 9.17) is 11.6 Å². The zero-order chi connectivity index (χ0) is 14.8. The van der Waals surface area contributed by atoms with Crippen molar-refractivity contribution >= 4 is 11.6 Å². The highest BCUT2D eigenvalue weighted by molar-refractivity contribution is 6.28. The number of aromatic nitrogens is 3. The van der Waals surface area contributed by atoms with Gasteiger partial charge in [0.05, 0.1) is 6.04 Å². The van der Waals surface area contributed by atoms with Crippen molar-refractivity contribution < 1.29 is 4.39 Å². The van der Waals surface area contributed by atoms with Gasteiger partial charge in [-0.25, -0.2) is 4.39 Å². The molecule has 0 aliphatic carbocycles. The van der Waals surface area contributed by atoms with Gasteiger partial charge in [0, 0.05) is 11.1 Å². The lowest BCUT2D eigenvalue weighted by molar-refractivity contribution is 0.559. The largest absolute Gasteiger partial charge is 0.290 e. The van der Waals surface area contributed by atoms with Gasteiger partial charge in [0.15, 0.2) is 5.82 Å². The van der Waals surface area contributed by atoms with Gasteiger partial charge in [0.25, 0.3) is 0 Å². The Balaban J connectivity index is 2.11. The maximum Gasteiger partial charge on any atom is 0.225 e. The van der Waals surface area contributed by atoms with E-state index >= 15 is 0 Å². The lowest BCUT2D eigenvalue weighted by Crippen LogP contribution is -2.10. The fraction of sp³-hybridized carbons (Fsp3) is 0.125. The Labute approximate surface area is 127 Å². The molecule has 0 saturated carbocycles. The van der Waals surface area contributed by atoms with Gasteiger partial charge >= 0.3 is 0 Å². The van der Waals surface area contributed by atoms with E-state index in [9.17, 15) is 4.39 Å². The summed E-state index contributed by atoms with van der Waals surface area (Å²) in [6.45, 7) is 1.88. The van der Waals surface area contributed by atoms with Crippen LogP contribution in [-0.2, 0) is 0 Å². The van der Waals surface area contributed by atoms with E-state index in [2.05, 4.69) is 10.2 Å². The maximum atomic E-state index is 14.0. The minimum absolute atomic E-state index is 0.240. The Hall–Kier alpha value is -2.20. The molecule has 3 aromatic rings. The van der Waals surface area contributed by atoms with Gasteiger partial charge in [-0.15, -0.1) is 10.2 Å². The zero-order valence-corrected chi connectivity index (χ0v) is 12.1. The average molecular weight is 302 g/mol. The van der Waals surface area contributed by atoms with E-state index < -0.39 is 0 Å². The van der Waals surface area contributed by atoms with Crippen LogP contribution >= 0.6 is 11.6 Å². The maximum absolute atomic E-state index is 14.0. The topological polar surface area (TPSA) is 30.7 Å². The lowest BCUT2D eigenvalue weighted by Gasteiger charge is -2.17. The molecule has 0 spiro atoms. The number of hydrogen-bond acceptors (Lipinski definition) is 2. The fourth-order valence-electron chi connectivity index (χ4n) is 2.35. The van der Waals surface area contributed by atoms with Crippen molar-refractivity contribution in [2.24, 2.45) is 0 Å². The van der Waals surface area contributed by atoms with E-state index in [1.54, 1.807) is 22.8 Å². The van der Waals surface area contributed by atoms with Crippen molar-refractivity contribution in [2.45, 2.75) is 13.0 Å². The first-order valence-corrected chi connectivity index (χ1v) is 6.96. The van der Waals surface area contributed by atoms with Crippen molar-refractivity contribution in [2.75, 3.05) is 0 Å². The molecule has 106 valence electrons. The molecule has 5 heteroatoms. The van der Waals surface area contributed by atoms with Crippen LogP contribution in [0.3, 0.4) is 0 Å². The lowest BCUT2D eigenvalue weighted by atomic mass is 10.1. The summed E-state index contributed by atoms with van der Waals surface area (Å²) < 4.78 is 15.7. The van der Waals surface area contributed by atoms with Crippen LogP contribution in [0.2, 0.25) is 5.28 Å². The van der Waals surface area contributed by atoms with Gasteiger partial charge in [-0.1, -0.05) is 48.5 Å². The highest BCUT2D eigenvalue weighted by Crippen LogP contribution is 2.29. The van der Waals surface area contributed by atoms with Crippen LogP contribution in [0, 0.1) is 5.82 Å². The third kappa shape index (κ3) is 2.54. The molecule has 0 fully saturated rings. The van der Waals surface area contributed by atoms with E-state index in [-0.39, 0.29) is 17.1 Å². The summed E-state index contributed by atoms with van der Waals surface area (Å²) in [5.74, 6) is 0.352. The molecule has 3 rings (SSSR count). The van der Waals surface area contributed by atoms with Crippen LogP contribution in [0.4, 0.5) is 4.39 Å². The molecule has 1 heterocycles. The minimum atomic E-state index is -0.302. The van der Waals surface area contributed by atoms with Gasteiger partial charge in [-0.3, -0.25) is 4.57 Å². The number of nitrogens with zero attached hydrogens (tertiary/aromatic N) is 3. The quantitative estimate of drug-likeness (QED) is 0.720. The van der Waals surface area contributed by atoms with Gasteiger partial charge in [0.1, 0.15) is 5.82 Å². The molecule has 1 unspecified atom stereocenters. The minimum Gasteiger partial charge on any atom is -0.290 e. The second-order valence-electron chi connectivity index (χ2n) is 4.73. The molecule has 0 radical (unpaired) electrons. The predicted octanol–water partition coefficient (Wildman–Crippen LogP) is 4.35. The molecule has 2 aromatic carbocycles. The molecule has 3 nitrogen and oxygen atoms in total. The molecule has 0 N–H and O–H groups in total. The summed E-state index contributed by atoms with van der Waals surface area (Å²) in [5.41, 5.74) is 1.44. The van der Waals surface area contributed by atoms with Crippen molar-refractivity contribution in [3.8, 4) is 11.4 Å². The predicted molar refractivity (Wildman–Crippen MR) is 80.7 cm³/mol. The second-order valence-corrected chi connectivity index (χ2v) is 5.06. The second kappa shape index (κ2) is 5.66. The number of hydrogen-bond donors (Lipinski definition) is 0. The first-order chi connectivity index (χ1) is 10.2. The molecule has 0 aliphatic heterocycles. The summed E-state index contributed by atoms with van der Waals surface area (Å²) >= 11 is 6.16. The fourth-order valence-corrected chi connectivity index (χ4v) is 2.62. The molecule has 0 saturated heterocycles. The smallest absolute Gasteiger partial charge is 0.225 e. The highest BCUT2D eigenvalue weighted by atomic mass is 35.5. The van der Waals surface area contributed by atoms with E-state index in [1.165, 1.54) is 6.07 Å². The first kappa shape index (κ1) is 13.8. The number of benzene rings is 2. The monoisotopic (exact) mass is 301 g/mol. The summed E-state index contributed by atoms with van der Waals surface area (Å²) in [4.78, 5) is 0. The SMILES string of the molecule is CC(c1ccccc1F)n1c(Cl)nnc1-c1ccccc1. The van der Waals surface area contributed by atoms with Crippen LogP contribution in [-0.4, -0.2) is 14.8 Å². The van der Waals surface area contributed by atoms with Crippen LogP contribution in [0.15, 0.2) is 54.6 Å². The van der Waals surface area contributed by atoms with Crippen molar-refractivity contribution in [3.05, 3.63) is 71.3 Å². The summed E-state index contributed by atoms with van der Waals surface area (Å²) in [6, 6.07) is 15.9. The normalized spacial score (nSPS) is 12.3. The molecular formula is C16H13ClFN3. The molecule has 0 bridgehead atoms. The molecular weight excluding hydrogens is 289 g/mol. The Morgan fingerprint density at radius 1 is 1.00 bits per heavy atom. The Bertz CT molecular complexity index is 755. The van der Waals surface area contributed by atoms with Gasteiger partial charge in [-0.2, -0.15) is 0 Å². The van der Waals surface area contributed by atoms with Crippen LogP contribution < -0.4 is 0 Å². The Morgan fingerprint density at radius 3 is 2.38 bits per heavy atom. The Kier molecular flexibility index (Phi) is 3.71. The highest BCUT2D eigenvalue weighted by Gasteiger charge is 2.20. The molecule has 0 aliphatic rings. The molecule has 1 aromatic heterocycles. The molecule has 21 heavy (non-hydrogen) atoms. The van der Waals surface area contributed by atoms with Crippen molar-refractivity contribution in [1.82, 2.24) is 14.8 Å². The average Bonchev–Trinajstić information content (AvgIpc) is 2.90. The van der Waals surface area contributed by atoms with Gasteiger partial charge in [-0.05, 0) is 24.6 Å². The van der Waals surface area contributed by atoms with Crippen LogP contribution in [0.5, 0.6) is 0 Å². The molecule has 0 amide bonds.